The Balaban J connectivity index is 1.91. The number of rotatable bonds is 7. The average molecular weight is 433 g/mol. The van der Waals surface area contributed by atoms with Crippen LogP contribution in [0.2, 0.25) is 0 Å². The number of nitrogens with one attached hydrogen (secondary N) is 1. The number of anilines is 2. The van der Waals surface area contributed by atoms with Gasteiger partial charge < -0.3 is 10.2 Å². The van der Waals surface area contributed by atoms with Crippen LogP contribution >= 0.6 is 0 Å². The second-order valence-corrected chi connectivity index (χ2v) is 7.84. The van der Waals surface area contributed by atoms with Crippen molar-refractivity contribution in [3.05, 3.63) is 68.8 Å². The first-order valence-electron chi connectivity index (χ1n) is 11.1. The van der Waals surface area contributed by atoms with Crippen LogP contribution in [0.25, 0.3) is 6.08 Å². The lowest BCUT2D eigenvalue weighted by molar-refractivity contribution is -0.384. The number of amides is 1. The minimum Gasteiger partial charge on any atom is -0.366 e. The van der Waals surface area contributed by atoms with Crippen LogP contribution in [0.3, 0.4) is 0 Å². The smallest absolute Gasteiger partial charge is 0.293 e. The maximum absolute atomic E-state index is 12.9. The van der Waals surface area contributed by atoms with Crippen molar-refractivity contribution in [2.75, 3.05) is 23.3 Å². The summed E-state index contributed by atoms with van der Waals surface area (Å²) in [4.78, 5) is 26.2. The number of benzene rings is 2. The van der Waals surface area contributed by atoms with E-state index in [2.05, 4.69) is 5.32 Å². The van der Waals surface area contributed by atoms with E-state index < -0.39 is 10.8 Å². The first kappa shape index (κ1) is 23.0. The van der Waals surface area contributed by atoms with E-state index in [4.69, 9.17) is 0 Å². The van der Waals surface area contributed by atoms with Gasteiger partial charge in [-0.25, -0.2) is 0 Å². The van der Waals surface area contributed by atoms with E-state index in [1.807, 2.05) is 43.0 Å². The van der Waals surface area contributed by atoms with Crippen molar-refractivity contribution < 1.29 is 9.72 Å². The molecule has 0 spiro atoms. The van der Waals surface area contributed by atoms with Crippen LogP contribution in [0.15, 0.2) is 42.0 Å². The van der Waals surface area contributed by atoms with Gasteiger partial charge in [0, 0.05) is 24.8 Å². The third kappa shape index (κ3) is 5.14. The Hall–Kier alpha value is -3.66. The molecule has 0 atom stereocenters. The van der Waals surface area contributed by atoms with Crippen molar-refractivity contribution in [1.82, 2.24) is 0 Å². The molecule has 166 valence electrons. The fourth-order valence-corrected chi connectivity index (χ4v) is 4.08. The zero-order chi connectivity index (χ0) is 23.1. The van der Waals surface area contributed by atoms with Crippen molar-refractivity contribution in [3.63, 3.8) is 0 Å². The molecule has 0 aromatic heterocycles. The predicted molar refractivity (Wildman–Crippen MR) is 127 cm³/mol. The summed E-state index contributed by atoms with van der Waals surface area (Å²) in [5.74, 6) is -0.522. The Bertz CT molecular complexity index is 1060. The molecule has 1 aliphatic heterocycles. The molecule has 1 heterocycles. The lowest BCUT2D eigenvalue weighted by atomic mass is 10.0. The van der Waals surface area contributed by atoms with Gasteiger partial charge in [-0.15, -0.1) is 0 Å². The summed E-state index contributed by atoms with van der Waals surface area (Å²) in [7, 11) is 0. The maximum atomic E-state index is 12.9. The number of nitro groups is 1. The number of nitro benzene ring substituents is 1. The molecule has 7 nitrogen and oxygen atoms in total. The highest BCUT2D eigenvalue weighted by atomic mass is 16.6. The highest BCUT2D eigenvalue weighted by Gasteiger charge is 2.22. The minimum absolute atomic E-state index is 0.0112. The first-order valence-corrected chi connectivity index (χ1v) is 11.1. The summed E-state index contributed by atoms with van der Waals surface area (Å²) in [6.07, 6.45) is 6.06. The number of carbonyl (C=O) groups is 1. The van der Waals surface area contributed by atoms with Gasteiger partial charge in [-0.1, -0.05) is 38.1 Å². The molecule has 3 rings (SSSR count). The SMILES string of the molecule is CCc1cccc(CC)c1NC(=O)/C(C#N)=C/c1ccc(N2CCCCC2)c([N+](=O)[O-])c1. The lowest BCUT2D eigenvalue weighted by Crippen LogP contribution is -2.29. The molecular formula is C25H28N4O3. The van der Waals surface area contributed by atoms with Crippen LogP contribution in [-0.4, -0.2) is 23.9 Å². The van der Waals surface area contributed by atoms with Gasteiger partial charge in [-0.2, -0.15) is 5.26 Å². The Morgan fingerprint density at radius 2 is 1.81 bits per heavy atom. The Kier molecular flexibility index (Phi) is 7.61. The van der Waals surface area contributed by atoms with Gasteiger partial charge in [0.25, 0.3) is 11.6 Å². The topological polar surface area (TPSA) is 99.3 Å². The van der Waals surface area contributed by atoms with Gasteiger partial charge in [0.15, 0.2) is 0 Å². The largest absolute Gasteiger partial charge is 0.366 e. The number of carbonyl (C=O) groups excluding carboxylic acids is 1. The third-order valence-electron chi connectivity index (χ3n) is 5.81. The van der Waals surface area contributed by atoms with Gasteiger partial charge >= 0.3 is 0 Å². The van der Waals surface area contributed by atoms with Crippen molar-refractivity contribution in [2.24, 2.45) is 0 Å². The van der Waals surface area contributed by atoms with Crippen LogP contribution < -0.4 is 10.2 Å². The molecule has 2 aromatic rings. The molecule has 32 heavy (non-hydrogen) atoms. The van der Waals surface area contributed by atoms with Crippen molar-refractivity contribution >= 4 is 29.0 Å². The van der Waals surface area contributed by atoms with E-state index in [1.54, 1.807) is 12.1 Å². The molecule has 7 heteroatoms. The molecule has 2 aromatic carbocycles. The van der Waals surface area contributed by atoms with Crippen LogP contribution in [0.4, 0.5) is 17.1 Å². The number of aryl methyl sites for hydroxylation is 2. The molecule has 0 aliphatic carbocycles. The molecule has 1 aliphatic rings. The highest BCUT2D eigenvalue weighted by Crippen LogP contribution is 2.32. The van der Waals surface area contributed by atoms with E-state index >= 15 is 0 Å². The van der Waals surface area contributed by atoms with Gasteiger partial charge in [-0.3, -0.25) is 14.9 Å². The number of hydrogen-bond donors (Lipinski definition) is 1. The van der Waals surface area contributed by atoms with E-state index in [0.717, 1.165) is 62.0 Å². The zero-order valence-electron chi connectivity index (χ0n) is 18.6. The van der Waals surface area contributed by atoms with Crippen molar-refractivity contribution in [2.45, 2.75) is 46.0 Å². The predicted octanol–water partition coefficient (Wildman–Crippen LogP) is 5.26. The van der Waals surface area contributed by atoms with Gasteiger partial charge in [-0.05, 0) is 60.9 Å². The average Bonchev–Trinajstić information content (AvgIpc) is 2.82. The highest BCUT2D eigenvalue weighted by molar-refractivity contribution is 6.10. The summed E-state index contributed by atoms with van der Waals surface area (Å²) in [5.41, 5.74) is 3.65. The molecule has 1 amide bonds. The normalized spacial score (nSPS) is 14.0. The fourth-order valence-electron chi connectivity index (χ4n) is 4.08. The minimum atomic E-state index is -0.522. The van der Waals surface area contributed by atoms with E-state index in [-0.39, 0.29) is 11.3 Å². The Labute approximate surface area is 188 Å². The van der Waals surface area contributed by atoms with Crippen molar-refractivity contribution in [3.8, 4) is 6.07 Å². The van der Waals surface area contributed by atoms with E-state index in [1.165, 1.54) is 12.1 Å². The molecule has 1 fully saturated rings. The standard InChI is InChI=1S/C25H28N4O3/c1-3-19-9-8-10-20(4-2)24(19)27-25(30)21(17-26)15-18-11-12-22(23(16-18)29(31)32)28-13-6-5-7-14-28/h8-12,15-16H,3-7,13-14H2,1-2H3,(H,27,30)/b21-15+. The number of piperidine rings is 1. The summed E-state index contributed by atoms with van der Waals surface area (Å²) < 4.78 is 0. The van der Waals surface area contributed by atoms with Gasteiger partial charge in [0.1, 0.15) is 17.3 Å². The van der Waals surface area contributed by atoms with Gasteiger partial charge in [0.05, 0.1) is 4.92 Å². The van der Waals surface area contributed by atoms with Gasteiger partial charge in [0.2, 0.25) is 0 Å². The van der Waals surface area contributed by atoms with Crippen molar-refractivity contribution in [1.29, 1.82) is 5.26 Å². The lowest BCUT2D eigenvalue weighted by Gasteiger charge is -2.28. The number of nitrogens with zero attached hydrogens (tertiary/aromatic N) is 3. The molecular weight excluding hydrogens is 404 g/mol. The Morgan fingerprint density at radius 3 is 2.38 bits per heavy atom. The fraction of sp³-hybridized carbons (Fsp3) is 0.360. The number of para-hydroxylation sites is 1. The zero-order valence-corrected chi connectivity index (χ0v) is 18.6. The monoisotopic (exact) mass is 432 g/mol. The summed E-state index contributed by atoms with van der Waals surface area (Å²) in [5, 5.41) is 24.2. The first-order chi connectivity index (χ1) is 15.5. The summed E-state index contributed by atoms with van der Waals surface area (Å²) in [6.45, 7) is 5.60. The second-order valence-electron chi connectivity index (χ2n) is 7.84. The molecule has 1 saturated heterocycles. The molecule has 0 unspecified atom stereocenters. The van der Waals surface area contributed by atoms with E-state index in [9.17, 15) is 20.2 Å². The van der Waals surface area contributed by atoms with E-state index in [0.29, 0.717) is 11.3 Å². The molecule has 0 saturated carbocycles. The van der Waals surface area contributed by atoms with Crippen LogP contribution in [0.5, 0.6) is 0 Å². The second kappa shape index (κ2) is 10.6. The number of hydrogen-bond acceptors (Lipinski definition) is 5. The maximum Gasteiger partial charge on any atom is 0.293 e. The van der Waals surface area contributed by atoms with Crippen LogP contribution in [0, 0.1) is 21.4 Å². The molecule has 0 bridgehead atoms. The molecule has 1 N–H and O–H groups in total. The number of nitriles is 1. The Morgan fingerprint density at radius 1 is 1.16 bits per heavy atom. The summed E-state index contributed by atoms with van der Waals surface area (Å²) in [6, 6.07) is 12.7. The van der Waals surface area contributed by atoms with Crippen LogP contribution in [-0.2, 0) is 17.6 Å². The third-order valence-corrected chi connectivity index (χ3v) is 5.81. The molecule has 0 radical (unpaired) electrons. The summed E-state index contributed by atoms with van der Waals surface area (Å²) >= 11 is 0. The quantitative estimate of drug-likeness (QED) is 0.279. The van der Waals surface area contributed by atoms with Crippen LogP contribution in [0.1, 0.15) is 49.8 Å².